The fourth-order valence-electron chi connectivity index (χ4n) is 1.18. The summed E-state index contributed by atoms with van der Waals surface area (Å²) >= 11 is 3.16. The van der Waals surface area contributed by atoms with Crippen molar-refractivity contribution >= 4 is 21.8 Å². The number of amides is 1. The van der Waals surface area contributed by atoms with E-state index in [0.717, 1.165) is 0 Å². The van der Waals surface area contributed by atoms with E-state index in [1.165, 1.54) is 0 Å². The molecule has 1 aromatic rings. The second kappa shape index (κ2) is 7.38. The number of carbonyl (C=O) groups excluding carboxylic acids is 1. The Morgan fingerprint density at radius 2 is 1.83 bits per heavy atom. The number of rotatable bonds is 6. The molecule has 0 fully saturated rings. The van der Waals surface area contributed by atoms with Crippen LogP contribution in [0, 0.1) is 17.5 Å². The molecule has 0 aromatic heterocycles. The zero-order valence-electron chi connectivity index (χ0n) is 9.31. The van der Waals surface area contributed by atoms with Crippen molar-refractivity contribution in [2.45, 2.75) is 0 Å². The third kappa shape index (κ3) is 4.30. The monoisotopic (exact) mass is 325 g/mol. The Bertz CT molecular complexity index is 406. The Balaban J connectivity index is 2.52. The zero-order valence-corrected chi connectivity index (χ0v) is 10.9. The average molecular weight is 326 g/mol. The summed E-state index contributed by atoms with van der Waals surface area (Å²) in [5.41, 5.74) is -0.271. The van der Waals surface area contributed by atoms with Gasteiger partial charge in [-0.1, -0.05) is 15.9 Å². The van der Waals surface area contributed by atoms with E-state index in [2.05, 4.69) is 21.2 Å². The van der Waals surface area contributed by atoms with Crippen LogP contribution < -0.4 is 5.32 Å². The van der Waals surface area contributed by atoms with Crippen molar-refractivity contribution in [1.82, 2.24) is 5.32 Å². The highest BCUT2D eigenvalue weighted by molar-refractivity contribution is 9.09. The van der Waals surface area contributed by atoms with Crippen LogP contribution in [0.1, 0.15) is 10.4 Å². The van der Waals surface area contributed by atoms with E-state index < -0.39 is 23.4 Å². The van der Waals surface area contributed by atoms with E-state index in [4.69, 9.17) is 4.74 Å². The van der Waals surface area contributed by atoms with Gasteiger partial charge in [-0.05, 0) is 12.1 Å². The molecule has 1 N–H and O–H groups in total. The number of carbonyl (C=O) groups is 1. The number of ether oxygens (including phenoxy) is 1. The molecular formula is C11H11BrF3NO2. The largest absolute Gasteiger partial charge is 0.379 e. The molecule has 0 atom stereocenters. The van der Waals surface area contributed by atoms with Gasteiger partial charge in [0.1, 0.15) is 0 Å². The Labute approximate surface area is 110 Å². The molecule has 0 radical (unpaired) electrons. The van der Waals surface area contributed by atoms with Gasteiger partial charge in [-0.2, -0.15) is 0 Å². The van der Waals surface area contributed by atoms with Gasteiger partial charge in [0.25, 0.3) is 5.91 Å². The van der Waals surface area contributed by atoms with Gasteiger partial charge < -0.3 is 10.1 Å². The molecule has 1 aromatic carbocycles. The number of hydrogen-bond donors (Lipinski definition) is 1. The first-order valence-electron chi connectivity index (χ1n) is 5.12. The number of hydrogen-bond acceptors (Lipinski definition) is 2. The van der Waals surface area contributed by atoms with Crippen molar-refractivity contribution in [3.8, 4) is 0 Å². The summed E-state index contributed by atoms with van der Waals surface area (Å²) in [5.74, 6) is -5.06. The highest BCUT2D eigenvalue weighted by atomic mass is 79.9. The van der Waals surface area contributed by atoms with Crippen LogP contribution in [0.25, 0.3) is 0 Å². The molecule has 0 unspecified atom stereocenters. The number of halogens is 4. The maximum absolute atomic E-state index is 12.9. The summed E-state index contributed by atoms with van der Waals surface area (Å²) in [7, 11) is 0. The van der Waals surface area contributed by atoms with E-state index in [1.807, 2.05) is 0 Å². The van der Waals surface area contributed by atoms with E-state index in [1.54, 1.807) is 0 Å². The summed E-state index contributed by atoms with van der Waals surface area (Å²) < 4.78 is 43.5. The molecule has 0 saturated carbocycles. The Kier molecular flexibility index (Phi) is 6.14. The van der Waals surface area contributed by atoms with E-state index in [0.29, 0.717) is 24.1 Å². The molecule has 1 amide bonds. The fraction of sp³-hybridized carbons (Fsp3) is 0.364. The molecule has 0 aliphatic carbocycles. The Hall–Kier alpha value is -1.08. The second-order valence-corrected chi connectivity index (χ2v) is 4.10. The van der Waals surface area contributed by atoms with Crippen molar-refractivity contribution in [3.05, 3.63) is 35.1 Å². The molecule has 18 heavy (non-hydrogen) atoms. The van der Waals surface area contributed by atoms with Gasteiger partial charge >= 0.3 is 0 Å². The third-order valence-corrected chi connectivity index (χ3v) is 2.32. The van der Waals surface area contributed by atoms with E-state index in [-0.39, 0.29) is 18.7 Å². The van der Waals surface area contributed by atoms with Gasteiger partial charge in [-0.25, -0.2) is 13.2 Å². The van der Waals surface area contributed by atoms with Gasteiger partial charge in [0.05, 0.1) is 13.2 Å². The standard InChI is InChI=1S/C11H11BrF3NO2/c12-1-3-18-4-2-16-11(17)7-5-8(13)10(15)9(14)6-7/h5-6H,1-4H2,(H,16,17). The van der Waals surface area contributed by atoms with Crippen LogP contribution >= 0.6 is 15.9 Å². The SMILES string of the molecule is O=C(NCCOCCBr)c1cc(F)c(F)c(F)c1. The van der Waals surface area contributed by atoms with Crippen LogP contribution in [0.5, 0.6) is 0 Å². The van der Waals surface area contributed by atoms with Gasteiger partial charge in [-0.15, -0.1) is 0 Å². The second-order valence-electron chi connectivity index (χ2n) is 3.31. The molecule has 0 saturated heterocycles. The first-order valence-corrected chi connectivity index (χ1v) is 6.25. The average Bonchev–Trinajstić information content (AvgIpc) is 2.34. The minimum absolute atomic E-state index is 0.201. The quantitative estimate of drug-likeness (QED) is 0.495. The molecule has 1 rings (SSSR count). The van der Waals surface area contributed by atoms with Crippen molar-refractivity contribution in [1.29, 1.82) is 0 Å². The third-order valence-electron chi connectivity index (χ3n) is 2.00. The lowest BCUT2D eigenvalue weighted by atomic mass is 10.2. The zero-order chi connectivity index (χ0) is 13.5. The smallest absolute Gasteiger partial charge is 0.251 e. The lowest BCUT2D eigenvalue weighted by Gasteiger charge is -2.06. The molecule has 0 heterocycles. The summed E-state index contributed by atoms with van der Waals surface area (Å²) in [6.45, 7) is 0.978. The summed E-state index contributed by atoms with van der Waals surface area (Å²) in [6, 6.07) is 1.29. The molecule has 100 valence electrons. The number of benzene rings is 1. The predicted molar refractivity (Wildman–Crippen MR) is 63.3 cm³/mol. The Morgan fingerprint density at radius 1 is 1.22 bits per heavy atom. The molecule has 0 aliphatic rings. The summed E-state index contributed by atoms with van der Waals surface area (Å²) in [4.78, 5) is 11.5. The predicted octanol–water partition coefficient (Wildman–Crippen LogP) is 2.25. The first-order chi connectivity index (χ1) is 8.56. The molecule has 7 heteroatoms. The molecule has 0 aliphatic heterocycles. The van der Waals surface area contributed by atoms with E-state index in [9.17, 15) is 18.0 Å². The van der Waals surface area contributed by atoms with Crippen molar-refractivity contribution in [3.63, 3.8) is 0 Å². The van der Waals surface area contributed by atoms with Crippen molar-refractivity contribution < 1.29 is 22.7 Å². The molecular weight excluding hydrogens is 315 g/mol. The lowest BCUT2D eigenvalue weighted by Crippen LogP contribution is -2.27. The van der Waals surface area contributed by atoms with Crippen LogP contribution in [0.4, 0.5) is 13.2 Å². The van der Waals surface area contributed by atoms with Crippen LogP contribution in [-0.2, 0) is 4.74 Å². The van der Waals surface area contributed by atoms with E-state index >= 15 is 0 Å². The number of alkyl halides is 1. The maximum atomic E-state index is 12.9. The van der Waals surface area contributed by atoms with Gasteiger partial charge in [0.15, 0.2) is 17.5 Å². The van der Waals surface area contributed by atoms with Crippen molar-refractivity contribution in [2.75, 3.05) is 25.1 Å². The first kappa shape index (κ1) is 15.0. The van der Waals surface area contributed by atoms with Gasteiger partial charge in [0, 0.05) is 17.4 Å². The molecule has 3 nitrogen and oxygen atoms in total. The Morgan fingerprint density at radius 3 is 2.39 bits per heavy atom. The summed E-state index contributed by atoms with van der Waals surface area (Å²) in [5, 5.41) is 3.07. The molecule has 0 bridgehead atoms. The minimum atomic E-state index is -1.59. The topological polar surface area (TPSA) is 38.3 Å². The minimum Gasteiger partial charge on any atom is -0.379 e. The highest BCUT2D eigenvalue weighted by Gasteiger charge is 2.14. The normalized spacial score (nSPS) is 10.4. The van der Waals surface area contributed by atoms with Gasteiger partial charge in [0.2, 0.25) is 0 Å². The highest BCUT2D eigenvalue weighted by Crippen LogP contribution is 2.13. The van der Waals surface area contributed by atoms with Crippen LogP contribution in [0.3, 0.4) is 0 Å². The summed E-state index contributed by atoms with van der Waals surface area (Å²) in [6.07, 6.45) is 0. The number of nitrogens with one attached hydrogen (secondary N) is 1. The lowest BCUT2D eigenvalue weighted by molar-refractivity contribution is 0.0923. The molecule has 0 spiro atoms. The van der Waals surface area contributed by atoms with Crippen LogP contribution in [0.15, 0.2) is 12.1 Å². The fourth-order valence-corrected chi connectivity index (χ4v) is 1.41. The van der Waals surface area contributed by atoms with Crippen molar-refractivity contribution in [2.24, 2.45) is 0 Å². The maximum Gasteiger partial charge on any atom is 0.251 e. The van der Waals surface area contributed by atoms with Gasteiger partial charge in [-0.3, -0.25) is 4.79 Å². The van der Waals surface area contributed by atoms with Crippen LogP contribution in [0.2, 0.25) is 0 Å². The van der Waals surface area contributed by atoms with Crippen LogP contribution in [-0.4, -0.2) is 31.0 Å².